The molecule has 5 nitrogen and oxygen atoms in total. The number of carbonyl (C=O) groups excluding carboxylic acids is 1. The highest BCUT2D eigenvalue weighted by Crippen LogP contribution is 2.27. The molecule has 1 aromatic rings. The molecule has 2 rings (SSSR count). The van der Waals surface area contributed by atoms with Gasteiger partial charge in [0.2, 0.25) is 15.0 Å². The first-order valence-corrected chi connectivity index (χ1v) is 8.17. The van der Waals surface area contributed by atoms with Crippen LogP contribution in [0.1, 0.15) is 6.42 Å². The van der Waals surface area contributed by atoms with Crippen molar-refractivity contribution in [3.05, 3.63) is 24.3 Å². The van der Waals surface area contributed by atoms with Gasteiger partial charge in [-0.05, 0) is 24.3 Å². The van der Waals surface area contributed by atoms with Gasteiger partial charge in [-0.15, -0.1) is 0 Å². The molecule has 1 aliphatic rings. The van der Waals surface area contributed by atoms with E-state index in [1.54, 1.807) is 12.1 Å². The molecule has 0 N–H and O–H groups in total. The molecule has 0 saturated carbocycles. The molecule has 1 saturated heterocycles. The molecule has 0 spiro atoms. The molecular weight excluding hydrogens is 288 g/mol. The molecule has 1 aromatic carbocycles. The lowest BCUT2D eigenvalue weighted by atomic mass is 10.2. The highest BCUT2D eigenvalue weighted by molar-refractivity contribution is 8.14. The van der Waals surface area contributed by atoms with E-state index in [0.717, 1.165) is 5.69 Å². The summed E-state index contributed by atoms with van der Waals surface area (Å²) < 4.78 is 22.6. The predicted molar refractivity (Wildman–Crippen MR) is 76.3 cm³/mol. The Bertz CT molecular complexity index is 583. The van der Waals surface area contributed by atoms with Crippen LogP contribution in [0.3, 0.4) is 0 Å². The number of benzene rings is 1. The van der Waals surface area contributed by atoms with Crippen molar-refractivity contribution in [1.82, 2.24) is 0 Å². The Kier molecular flexibility index (Phi) is 3.73. The summed E-state index contributed by atoms with van der Waals surface area (Å²) in [5, 5.41) is -0.824. The van der Waals surface area contributed by atoms with Crippen molar-refractivity contribution in [3.63, 3.8) is 0 Å². The summed E-state index contributed by atoms with van der Waals surface area (Å²) in [4.78, 5) is 15.3. The maximum absolute atomic E-state index is 11.8. The Morgan fingerprint density at radius 3 is 2.26 bits per heavy atom. The molecule has 1 fully saturated rings. The van der Waals surface area contributed by atoms with Gasteiger partial charge in [0.1, 0.15) is 5.25 Å². The zero-order valence-corrected chi connectivity index (χ0v) is 12.3. The van der Waals surface area contributed by atoms with Gasteiger partial charge in [-0.3, -0.25) is 4.79 Å². The van der Waals surface area contributed by atoms with E-state index in [0.29, 0.717) is 5.69 Å². The van der Waals surface area contributed by atoms with Crippen LogP contribution in [0.5, 0.6) is 0 Å². The van der Waals surface area contributed by atoms with Crippen molar-refractivity contribution < 1.29 is 13.2 Å². The first-order valence-electron chi connectivity index (χ1n) is 5.80. The first-order chi connectivity index (χ1) is 8.79. The Labute approximate surface area is 117 Å². The third-order valence-corrected chi connectivity index (χ3v) is 5.03. The summed E-state index contributed by atoms with van der Waals surface area (Å²) in [6.07, 6.45) is -0.0543. The SMILES string of the molecule is CN(C)c1ccc(N2CC(S(=O)(=O)Cl)CC2=O)cc1. The number of hydrogen-bond donors (Lipinski definition) is 0. The lowest BCUT2D eigenvalue weighted by Gasteiger charge is -2.18. The molecule has 1 heterocycles. The van der Waals surface area contributed by atoms with E-state index in [4.69, 9.17) is 10.7 Å². The van der Waals surface area contributed by atoms with Crippen molar-refractivity contribution in [1.29, 1.82) is 0 Å². The number of amides is 1. The number of halogens is 1. The number of hydrogen-bond acceptors (Lipinski definition) is 4. The van der Waals surface area contributed by atoms with Crippen molar-refractivity contribution in [2.45, 2.75) is 11.7 Å². The van der Waals surface area contributed by atoms with Gasteiger partial charge in [-0.2, -0.15) is 0 Å². The quantitative estimate of drug-likeness (QED) is 0.793. The molecule has 104 valence electrons. The minimum absolute atomic E-state index is 0.0543. The highest BCUT2D eigenvalue weighted by atomic mass is 35.7. The monoisotopic (exact) mass is 302 g/mol. The fourth-order valence-corrected chi connectivity index (χ4v) is 3.07. The Morgan fingerprint density at radius 2 is 1.84 bits per heavy atom. The van der Waals surface area contributed by atoms with Gasteiger partial charge in [-0.25, -0.2) is 8.42 Å². The van der Waals surface area contributed by atoms with Crippen LogP contribution in [0.15, 0.2) is 24.3 Å². The summed E-state index contributed by atoms with van der Waals surface area (Å²) >= 11 is 0. The van der Waals surface area contributed by atoms with E-state index in [-0.39, 0.29) is 18.9 Å². The maximum atomic E-state index is 11.8. The van der Waals surface area contributed by atoms with Crippen molar-refractivity contribution >= 4 is 37.0 Å². The molecule has 1 atom stereocenters. The fourth-order valence-electron chi connectivity index (χ4n) is 2.04. The third-order valence-electron chi connectivity index (χ3n) is 3.17. The zero-order chi connectivity index (χ0) is 14.2. The summed E-state index contributed by atoms with van der Waals surface area (Å²) in [5.41, 5.74) is 1.70. The molecule has 1 aliphatic heterocycles. The van der Waals surface area contributed by atoms with Gasteiger partial charge in [0.15, 0.2) is 0 Å². The molecule has 1 amide bonds. The second-order valence-electron chi connectivity index (χ2n) is 4.72. The molecular formula is C12H15ClN2O3S. The lowest BCUT2D eigenvalue weighted by molar-refractivity contribution is -0.117. The van der Waals surface area contributed by atoms with E-state index >= 15 is 0 Å². The highest BCUT2D eigenvalue weighted by Gasteiger charge is 2.37. The second-order valence-corrected chi connectivity index (χ2v) is 7.63. The summed E-state index contributed by atoms with van der Waals surface area (Å²) in [6, 6.07) is 7.36. The molecule has 0 aromatic heterocycles. The van der Waals surface area contributed by atoms with E-state index in [1.807, 2.05) is 31.1 Å². The first kappa shape index (κ1) is 14.1. The van der Waals surface area contributed by atoms with E-state index in [2.05, 4.69) is 0 Å². The van der Waals surface area contributed by atoms with Crippen molar-refractivity contribution in [2.24, 2.45) is 0 Å². The van der Waals surface area contributed by atoms with Crippen LogP contribution in [0.4, 0.5) is 11.4 Å². The molecule has 0 aliphatic carbocycles. The molecule has 19 heavy (non-hydrogen) atoms. The van der Waals surface area contributed by atoms with Crippen LogP contribution in [0.25, 0.3) is 0 Å². The van der Waals surface area contributed by atoms with Crippen LogP contribution in [-0.4, -0.2) is 40.2 Å². The number of anilines is 2. The normalized spacial score (nSPS) is 19.8. The van der Waals surface area contributed by atoms with Crippen LogP contribution < -0.4 is 9.80 Å². The summed E-state index contributed by atoms with van der Waals surface area (Å²) in [7, 11) is 5.46. The fraction of sp³-hybridized carbons (Fsp3) is 0.417. The summed E-state index contributed by atoms with van der Waals surface area (Å²) in [6.45, 7) is 0.117. The average molecular weight is 303 g/mol. The lowest BCUT2D eigenvalue weighted by Crippen LogP contribution is -2.26. The van der Waals surface area contributed by atoms with Gasteiger partial charge in [0, 0.05) is 49.1 Å². The number of nitrogens with zero attached hydrogens (tertiary/aromatic N) is 2. The van der Waals surface area contributed by atoms with Gasteiger partial charge in [0.05, 0.1) is 0 Å². The van der Waals surface area contributed by atoms with Gasteiger partial charge in [0.25, 0.3) is 0 Å². The van der Waals surface area contributed by atoms with Gasteiger partial charge < -0.3 is 9.80 Å². The molecule has 7 heteroatoms. The standard InChI is InChI=1S/C12H15ClN2O3S/c1-14(2)9-3-5-10(6-4-9)15-8-11(7-12(15)16)19(13,17)18/h3-6,11H,7-8H2,1-2H3. The maximum Gasteiger partial charge on any atom is 0.237 e. The zero-order valence-electron chi connectivity index (χ0n) is 10.7. The van der Waals surface area contributed by atoms with E-state index in [1.165, 1.54) is 4.90 Å². The van der Waals surface area contributed by atoms with Crippen molar-refractivity contribution in [2.75, 3.05) is 30.4 Å². The van der Waals surface area contributed by atoms with Gasteiger partial charge in [-0.1, -0.05) is 0 Å². The molecule has 0 radical (unpaired) electrons. The Morgan fingerprint density at radius 1 is 1.26 bits per heavy atom. The number of carbonyl (C=O) groups is 1. The predicted octanol–water partition coefficient (Wildman–Crippen LogP) is 1.43. The second kappa shape index (κ2) is 5.02. The van der Waals surface area contributed by atoms with Crippen LogP contribution in [0, 0.1) is 0 Å². The molecule has 0 bridgehead atoms. The molecule has 1 unspecified atom stereocenters. The van der Waals surface area contributed by atoms with Crippen LogP contribution >= 0.6 is 10.7 Å². The Balaban J connectivity index is 2.21. The smallest absolute Gasteiger partial charge is 0.237 e. The van der Waals surface area contributed by atoms with Crippen LogP contribution in [-0.2, 0) is 13.8 Å². The van der Waals surface area contributed by atoms with E-state index in [9.17, 15) is 13.2 Å². The topological polar surface area (TPSA) is 57.7 Å². The minimum atomic E-state index is -3.70. The van der Waals surface area contributed by atoms with Crippen LogP contribution in [0.2, 0.25) is 0 Å². The summed E-state index contributed by atoms with van der Waals surface area (Å²) in [5.74, 6) is -0.216. The average Bonchev–Trinajstić information content (AvgIpc) is 2.71. The Hall–Kier alpha value is -1.27. The van der Waals surface area contributed by atoms with E-state index < -0.39 is 14.3 Å². The van der Waals surface area contributed by atoms with Gasteiger partial charge >= 0.3 is 0 Å². The van der Waals surface area contributed by atoms with Crippen molar-refractivity contribution in [3.8, 4) is 0 Å². The number of rotatable bonds is 3. The third kappa shape index (κ3) is 3.01. The largest absolute Gasteiger partial charge is 0.378 e. The minimum Gasteiger partial charge on any atom is -0.378 e.